The van der Waals surface area contributed by atoms with Crippen LogP contribution in [0, 0.1) is 6.92 Å². The van der Waals surface area contributed by atoms with Crippen molar-refractivity contribution in [3.05, 3.63) is 76.8 Å². The quantitative estimate of drug-likeness (QED) is 0.416. The highest BCUT2D eigenvalue weighted by atomic mass is 35.5. The van der Waals surface area contributed by atoms with Crippen LogP contribution in [0.5, 0.6) is 5.75 Å². The number of nitrogens with one attached hydrogen (secondary N) is 2. The third-order valence-electron chi connectivity index (χ3n) is 5.93. The highest BCUT2D eigenvalue weighted by Crippen LogP contribution is 2.31. The maximum Gasteiger partial charge on any atom is 0.261 e. The van der Waals surface area contributed by atoms with Gasteiger partial charge in [0.25, 0.3) is 15.9 Å². The molecule has 1 aliphatic rings. The molecule has 12 heteroatoms. The Hall–Kier alpha value is -3.12. The van der Waals surface area contributed by atoms with Gasteiger partial charge in [-0.15, -0.1) is 0 Å². The van der Waals surface area contributed by atoms with Crippen LogP contribution >= 0.6 is 11.6 Å². The van der Waals surface area contributed by atoms with Gasteiger partial charge in [0.15, 0.2) is 0 Å². The Morgan fingerprint density at radius 2 is 1.54 bits per heavy atom. The molecule has 0 radical (unpaired) electrons. The molecule has 9 nitrogen and oxygen atoms in total. The number of carbonyl (C=O) groups excluding carboxylic acids is 1. The van der Waals surface area contributed by atoms with E-state index < -0.39 is 26.0 Å². The van der Waals surface area contributed by atoms with Crippen molar-refractivity contribution in [3.63, 3.8) is 0 Å². The summed E-state index contributed by atoms with van der Waals surface area (Å²) in [4.78, 5) is 13.1. The van der Waals surface area contributed by atoms with E-state index in [0.29, 0.717) is 13.1 Å². The molecule has 0 atom stereocenters. The highest BCUT2D eigenvalue weighted by molar-refractivity contribution is 7.92. The molecular formula is C25H26ClN3O6S2. The first kappa shape index (κ1) is 26.9. The van der Waals surface area contributed by atoms with Gasteiger partial charge in [0.1, 0.15) is 5.75 Å². The van der Waals surface area contributed by atoms with Crippen LogP contribution in [-0.4, -0.2) is 47.2 Å². The zero-order valence-corrected chi connectivity index (χ0v) is 22.6. The van der Waals surface area contributed by atoms with Gasteiger partial charge in [-0.25, -0.2) is 16.8 Å². The Morgan fingerprint density at radius 3 is 2.16 bits per heavy atom. The topological polar surface area (TPSA) is 122 Å². The number of hydrogen-bond acceptors (Lipinski definition) is 6. The molecular weight excluding hydrogens is 538 g/mol. The lowest BCUT2D eigenvalue weighted by Gasteiger charge is -2.17. The number of sulfonamides is 2. The number of hydrogen-bond donors (Lipinski definition) is 2. The summed E-state index contributed by atoms with van der Waals surface area (Å²) in [5, 5.41) is 2.68. The lowest BCUT2D eigenvalue weighted by atomic mass is 10.2. The van der Waals surface area contributed by atoms with E-state index in [4.69, 9.17) is 16.3 Å². The van der Waals surface area contributed by atoms with Crippen molar-refractivity contribution in [1.82, 2.24) is 4.31 Å². The number of amides is 1. The van der Waals surface area contributed by atoms with Gasteiger partial charge >= 0.3 is 0 Å². The standard InChI is InChI=1S/C25H26ClN3O6S2/c1-17-5-8-19(9-6-17)36(31,32)28-22-11-7-18(15-21(22)26)25(30)27-23-16-20(10-12-24(23)35-2)37(33,34)29-13-3-4-14-29/h5-12,15-16,28H,3-4,13-14H2,1-2H3,(H,27,30). The van der Waals surface area contributed by atoms with Crippen molar-refractivity contribution in [2.45, 2.75) is 29.6 Å². The number of nitrogens with zero attached hydrogens (tertiary/aromatic N) is 1. The molecule has 0 aliphatic carbocycles. The Balaban J connectivity index is 1.55. The van der Waals surface area contributed by atoms with Gasteiger partial charge in [-0.05, 0) is 68.3 Å². The van der Waals surface area contributed by atoms with Gasteiger partial charge in [-0.1, -0.05) is 29.3 Å². The first-order valence-corrected chi connectivity index (χ1v) is 14.7. The Bertz CT molecular complexity index is 1540. The van der Waals surface area contributed by atoms with Crippen molar-refractivity contribution in [2.24, 2.45) is 0 Å². The van der Waals surface area contributed by atoms with Gasteiger partial charge in [-0.2, -0.15) is 4.31 Å². The predicted octanol–water partition coefficient (Wildman–Crippen LogP) is 4.49. The van der Waals surface area contributed by atoms with Crippen LogP contribution < -0.4 is 14.8 Å². The Labute approximate surface area is 221 Å². The van der Waals surface area contributed by atoms with Gasteiger partial charge < -0.3 is 10.1 Å². The van der Waals surface area contributed by atoms with E-state index in [1.54, 1.807) is 12.1 Å². The maximum atomic E-state index is 13.0. The van der Waals surface area contributed by atoms with E-state index in [0.717, 1.165) is 18.4 Å². The van der Waals surface area contributed by atoms with Gasteiger partial charge in [-0.3, -0.25) is 9.52 Å². The molecule has 1 amide bonds. The lowest BCUT2D eigenvalue weighted by molar-refractivity contribution is 0.102. The number of ether oxygens (including phenoxy) is 1. The van der Waals surface area contributed by atoms with Crippen LogP contribution in [0.15, 0.2) is 70.5 Å². The monoisotopic (exact) mass is 563 g/mol. The summed E-state index contributed by atoms with van der Waals surface area (Å²) in [6.45, 7) is 2.76. The minimum atomic E-state index is -3.88. The SMILES string of the molecule is COc1ccc(S(=O)(=O)N2CCCC2)cc1NC(=O)c1ccc(NS(=O)(=O)c2ccc(C)cc2)c(Cl)c1. The number of benzene rings is 3. The predicted molar refractivity (Wildman–Crippen MR) is 142 cm³/mol. The van der Waals surface area contributed by atoms with E-state index in [-0.39, 0.29) is 37.5 Å². The van der Waals surface area contributed by atoms with Crippen LogP contribution in [0.3, 0.4) is 0 Å². The molecule has 4 rings (SSSR count). The molecule has 1 aliphatic heterocycles. The Kier molecular flexibility index (Phi) is 7.79. The minimum Gasteiger partial charge on any atom is -0.495 e. The fourth-order valence-electron chi connectivity index (χ4n) is 3.88. The zero-order valence-electron chi connectivity index (χ0n) is 20.2. The molecule has 3 aromatic carbocycles. The van der Waals surface area contributed by atoms with E-state index in [1.165, 1.54) is 59.9 Å². The second-order valence-electron chi connectivity index (χ2n) is 8.54. The van der Waals surface area contributed by atoms with Crippen LogP contribution in [-0.2, 0) is 20.0 Å². The molecule has 0 saturated carbocycles. The van der Waals surface area contributed by atoms with E-state index in [2.05, 4.69) is 10.0 Å². The number of aryl methyl sites for hydroxylation is 1. The molecule has 0 spiro atoms. The third-order valence-corrected chi connectivity index (χ3v) is 9.52. The van der Waals surface area contributed by atoms with Crippen molar-refractivity contribution in [2.75, 3.05) is 30.2 Å². The molecule has 0 unspecified atom stereocenters. The first-order chi connectivity index (χ1) is 17.5. The maximum absolute atomic E-state index is 13.0. The lowest BCUT2D eigenvalue weighted by Crippen LogP contribution is -2.28. The molecule has 0 bridgehead atoms. The third kappa shape index (κ3) is 5.90. The average molecular weight is 564 g/mol. The molecule has 0 aromatic heterocycles. The van der Waals surface area contributed by atoms with Crippen LogP contribution in [0.1, 0.15) is 28.8 Å². The minimum absolute atomic E-state index is 0.0145. The summed E-state index contributed by atoms with van der Waals surface area (Å²) in [6.07, 6.45) is 1.60. The summed E-state index contributed by atoms with van der Waals surface area (Å²) in [5.41, 5.74) is 1.34. The second-order valence-corrected chi connectivity index (χ2v) is 12.6. The molecule has 1 saturated heterocycles. The van der Waals surface area contributed by atoms with Crippen LogP contribution in [0.25, 0.3) is 0 Å². The Morgan fingerprint density at radius 1 is 0.892 bits per heavy atom. The first-order valence-electron chi connectivity index (χ1n) is 11.4. The largest absolute Gasteiger partial charge is 0.495 e. The molecule has 3 aromatic rings. The summed E-state index contributed by atoms with van der Waals surface area (Å²) in [7, 11) is -6.17. The fourth-order valence-corrected chi connectivity index (χ4v) is 6.78. The highest BCUT2D eigenvalue weighted by Gasteiger charge is 2.28. The molecule has 1 heterocycles. The summed E-state index contributed by atoms with van der Waals surface area (Å²) >= 11 is 6.30. The van der Waals surface area contributed by atoms with Gasteiger partial charge in [0, 0.05) is 18.7 Å². The molecule has 1 fully saturated rings. The number of methoxy groups -OCH3 is 1. The van der Waals surface area contributed by atoms with Crippen LogP contribution in [0.2, 0.25) is 5.02 Å². The van der Waals surface area contributed by atoms with Crippen LogP contribution in [0.4, 0.5) is 11.4 Å². The molecule has 37 heavy (non-hydrogen) atoms. The smallest absolute Gasteiger partial charge is 0.261 e. The number of anilines is 2. The summed E-state index contributed by atoms with van der Waals surface area (Å²) < 4.78 is 60.4. The van der Waals surface area contributed by atoms with E-state index in [1.807, 2.05) is 6.92 Å². The molecule has 196 valence electrons. The van der Waals surface area contributed by atoms with Gasteiger partial charge in [0.2, 0.25) is 10.0 Å². The molecule has 2 N–H and O–H groups in total. The normalized spacial score (nSPS) is 14.4. The average Bonchev–Trinajstić information content (AvgIpc) is 3.41. The summed E-state index contributed by atoms with van der Waals surface area (Å²) in [6, 6.07) is 14.7. The van der Waals surface area contributed by atoms with Gasteiger partial charge in [0.05, 0.1) is 33.3 Å². The second kappa shape index (κ2) is 10.7. The van der Waals surface area contributed by atoms with E-state index >= 15 is 0 Å². The van der Waals surface area contributed by atoms with Crippen molar-refractivity contribution >= 4 is 48.9 Å². The van der Waals surface area contributed by atoms with Crippen molar-refractivity contribution < 1.29 is 26.4 Å². The van der Waals surface area contributed by atoms with E-state index in [9.17, 15) is 21.6 Å². The van der Waals surface area contributed by atoms with Crippen molar-refractivity contribution in [1.29, 1.82) is 0 Å². The number of halogens is 1. The summed E-state index contributed by atoms with van der Waals surface area (Å²) in [5.74, 6) is -0.300. The fraction of sp³-hybridized carbons (Fsp3) is 0.240. The number of carbonyl (C=O) groups is 1. The van der Waals surface area contributed by atoms with Crippen molar-refractivity contribution in [3.8, 4) is 5.75 Å². The number of rotatable bonds is 8. The zero-order chi connectivity index (χ0) is 26.8.